The van der Waals surface area contributed by atoms with E-state index in [1.54, 1.807) is 7.05 Å². The summed E-state index contributed by atoms with van der Waals surface area (Å²) in [4.78, 5) is 12.3. The second-order valence-corrected chi connectivity index (χ2v) is 5.62. The third-order valence-corrected chi connectivity index (χ3v) is 3.92. The fourth-order valence-corrected chi connectivity index (χ4v) is 2.44. The summed E-state index contributed by atoms with van der Waals surface area (Å²) in [7, 11) is 1.70. The van der Waals surface area contributed by atoms with Crippen LogP contribution in [0.1, 0.15) is 21.5 Å². The summed E-state index contributed by atoms with van der Waals surface area (Å²) < 4.78 is 7.27. The minimum absolute atomic E-state index is 0.246. The standard InChI is InChI=1S/C19H20N4O2/c1-23-18(20)17(12-22-23)19(24)21-11-14-7-5-6-8-15(14)13-25-16-9-3-2-4-10-16/h2-10,12H,11,13,20H2,1H3,(H,21,24). The van der Waals surface area contributed by atoms with E-state index in [-0.39, 0.29) is 5.91 Å². The van der Waals surface area contributed by atoms with Crippen LogP contribution in [0.2, 0.25) is 0 Å². The fourth-order valence-electron chi connectivity index (χ4n) is 2.44. The smallest absolute Gasteiger partial charge is 0.256 e. The number of nitrogens with zero attached hydrogens (tertiary/aromatic N) is 2. The number of amides is 1. The molecule has 0 saturated carbocycles. The number of rotatable bonds is 6. The van der Waals surface area contributed by atoms with E-state index in [2.05, 4.69) is 10.4 Å². The summed E-state index contributed by atoms with van der Waals surface area (Å²) >= 11 is 0. The highest BCUT2D eigenvalue weighted by Gasteiger charge is 2.14. The SMILES string of the molecule is Cn1ncc(C(=O)NCc2ccccc2COc2ccccc2)c1N. The van der Waals surface area contributed by atoms with Crippen LogP contribution in [-0.2, 0) is 20.2 Å². The molecule has 0 spiro atoms. The van der Waals surface area contributed by atoms with E-state index in [1.807, 2.05) is 54.6 Å². The van der Waals surface area contributed by atoms with Crippen LogP contribution in [0.4, 0.5) is 5.82 Å². The number of carbonyl (C=O) groups excluding carboxylic acids is 1. The number of aromatic nitrogens is 2. The van der Waals surface area contributed by atoms with Crippen molar-refractivity contribution in [2.75, 3.05) is 5.73 Å². The summed E-state index contributed by atoms with van der Waals surface area (Å²) in [6.45, 7) is 0.826. The van der Waals surface area contributed by atoms with E-state index in [9.17, 15) is 4.79 Å². The molecule has 0 saturated heterocycles. The number of nitrogens with one attached hydrogen (secondary N) is 1. The zero-order valence-electron chi connectivity index (χ0n) is 14.0. The Morgan fingerprint density at radius 3 is 2.48 bits per heavy atom. The highest BCUT2D eigenvalue weighted by atomic mass is 16.5. The van der Waals surface area contributed by atoms with Crippen molar-refractivity contribution in [1.29, 1.82) is 0 Å². The molecular weight excluding hydrogens is 316 g/mol. The average Bonchev–Trinajstić information content (AvgIpc) is 2.98. The number of ether oxygens (including phenoxy) is 1. The molecule has 2 aromatic carbocycles. The number of para-hydroxylation sites is 1. The molecule has 3 rings (SSSR count). The van der Waals surface area contributed by atoms with Crippen LogP contribution < -0.4 is 15.8 Å². The number of nitrogens with two attached hydrogens (primary N) is 1. The Bertz CT molecular complexity index is 859. The Morgan fingerprint density at radius 1 is 1.12 bits per heavy atom. The molecule has 0 aliphatic rings. The number of nitrogen functional groups attached to an aromatic ring is 1. The van der Waals surface area contributed by atoms with Gasteiger partial charge >= 0.3 is 0 Å². The topological polar surface area (TPSA) is 82.2 Å². The van der Waals surface area contributed by atoms with Gasteiger partial charge in [-0.3, -0.25) is 9.48 Å². The second kappa shape index (κ2) is 7.53. The van der Waals surface area contributed by atoms with Crippen molar-refractivity contribution in [3.8, 4) is 5.75 Å². The first-order valence-electron chi connectivity index (χ1n) is 7.95. The lowest BCUT2D eigenvalue weighted by molar-refractivity contribution is 0.0951. The van der Waals surface area contributed by atoms with Crippen molar-refractivity contribution in [2.24, 2.45) is 7.05 Å². The van der Waals surface area contributed by atoms with Gasteiger partial charge in [-0.25, -0.2) is 0 Å². The van der Waals surface area contributed by atoms with Crippen LogP contribution in [0, 0.1) is 0 Å². The molecule has 0 bridgehead atoms. The van der Waals surface area contributed by atoms with E-state index in [1.165, 1.54) is 10.9 Å². The van der Waals surface area contributed by atoms with Crippen LogP contribution in [0.15, 0.2) is 60.8 Å². The van der Waals surface area contributed by atoms with E-state index < -0.39 is 0 Å². The quantitative estimate of drug-likeness (QED) is 0.724. The average molecular weight is 336 g/mol. The number of benzene rings is 2. The molecule has 0 radical (unpaired) electrons. The van der Waals surface area contributed by atoms with Crippen LogP contribution >= 0.6 is 0 Å². The third-order valence-electron chi connectivity index (χ3n) is 3.92. The molecule has 0 aliphatic carbocycles. The summed E-state index contributed by atoms with van der Waals surface area (Å²) in [5.41, 5.74) is 8.22. The van der Waals surface area contributed by atoms with Gasteiger partial charge in [0.05, 0.1) is 6.20 Å². The molecule has 0 fully saturated rings. The molecule has 1 amide bonds. The number of anilines is 1. The maximum Gasteiger partial charge on any atom is 0.256 e. The summed E-state index contributed by atoms with van der Waals surface area (Å²) in [5.74, 6) is 0.909. The lowest BCUT2D eigenvalue weighted by Crippen LogP contribution is -2.24. The van der Waals surface area contributed by atoms with Gasteiger partial charge in [-0.15, -0.1) is 0 Å². The summed E-state index contributed by atoms with van der Waals surface area (Å²) in [6.07, 6.45) is 1.47. The molecule has 128 valence electrons. The number of aryl methyl sites for hydroxylation is 1. The Morgan fingerprint density at radius 2 is 1.80 bits per heavy atom. The minimum Gasteiger partial charge on any atom is -0.489 e. The van der Waals surface area contributed by atoms with Crippen LogP contribution in [0.3, 0.4) is 0 Å². The molecule has 25 heavy (non-hydrogen) atoms. The maximum absolute atomic E-state index is 12.3. The molecule has 3 N–H and O–H groups in total. The Kier molecular flexibility index (Phi) is 4.99. The van der Waals surface area contributed by atoms with Crippen molar-refractivity contribution < 1.29 is 9.53 Å². The minimum atomic E-state index is -0.246. The first kappa shape index (κ1) is 16.6. The van der Waals surface area contributed by atoms with Crippen molar-refractivity contribution in [2.45, 2.75) is 13.2 Å². The summed E-state index contributed by atoms with van der Waals surface area (Å²) in [6, 6.07) is 17.5. The van der Waals surface area contributed by atoms with E-state index >= 15 is 0 Å². The summed E-state index contributed by atoms with van der Waals surface area (Å²) in [5, 5.41) is 6.86. The van der Waals surface area contributed by atoms with Gasteiger partial charge in [-0.05, 0) is 23.3 Å². The number of hydrogen-bond donors (Lipinski definition) is 2. The van der Waals surface area contributed by atoms with Crippen LogP contribution in [-0.4, -0.2) is 15.7 Å². The second-order valence-electron chi connectivity index (χ2n) is 5.62. The highest BCUT2D eigenvalue weighted by molar-refractivity contribution is 5.98. The van der Waals surface area contributed by atoms with Crippen molar-refractivity contribution >= 4 is 11.7 Å². The van der Waals surface area contributed by atoms with Gasteiger partial charge in [0.15, 0.2) is 0 Å². The van der Waals surface area contributed by atoms with E-state index in [0.717, 1.165) is 16.9 Å². The molecule has 0 aliphatic heterocycles. The van der Waals surface area contributed by atoms with Gasteiger partial charge in [0.25, 0.3) is 5.91 Å². The monoisotopic (exact) mass is 336 g/mol. The zero-order valence-corrected chi connectivity index (χ0v) is 14.0. The van der Waals surface area contributed by atoms with Gasteiger partial charge in [0.2, 0.25) is 0 Å². The number of carbonyl (C=O) groups is 1. The van der Waals surface area contributed by atoms with Gasteiger partial charge in [0.1, 0.15) is 23.7 Å². The van der Waals surface area contributed by atoms with Gasteiger partial charge in [-0.1, -0.05) is 42.5 Å². The Balaban J connectivity index is 1.64. The predicted molar refractivity (Wildman–Crippen MR) is 96.0 cm³/mol. The van der Waals surface area contributed by atoms with Crippen LogP contribution in [0.25, 0.3) is 0 Å². The third kappa shape index (κ3) is 3.98. The Hall–Kier alpha value is -3.28. The normalized spacial score (nSPS) is 10.4. The van der Waals surface area contributed by atoms with E-state index in [4.69, 9.17) is 10.5 Å². The molecule has 1 aromatic heterocycles. The van der Waals surface area contributed by atoms with Crippen LogP contribution in [0.5, 0.6) is 5.75 Å². The molecule has 6 nitrogen and oxygen atoms in total. The lowest BCUT2D eigenvalue weighted by Gasteiger charge is -2.12. The predicted octanol–water partition coefficient (Wildman–Crippen LogP) is 2.51. The van der Waals surface area contributed by atoms with Gasteiger partial charge < -0.3 is 15.8 Å². The molecular formula is C19H20N4O2. The zero-order chi connectivity index (χ0) is 17.6. The highest BCUT2D eigenvalue weighted by Crippen LogP contribution is 2.15. The van der Waals surface area contributed by atoms with E-state index in [0.29, 0.717) is 24.5 Å². The first-order chi connectivity index (χ1) is 12.1. The molecule has 0 unspecified atom stereocenters. The molecule has 3 aromatic rings. The molecule has 0 atom stereocenters. The fraction of sp³-hybridized carbons (Fsp3) is 0.158. The van der Waals surface area contributed by atoms with Crippen molar-refractivity contribution in [1.82, 2.24) is 15.1 Å². The largest absolute Gasteiger partial charge is 0.489 e. The molecule has 1 heterocycles. The number of hydrogen-bond acceptors (Lipinski definition) is 4. The van der Waals surface area contributed by atoms with Crippen molar-refractivity contribution in [3.05, 3.63) is 77.5 Å². The first-order valence-corrected chi connectivity index (χ1v) is 7.95. The van der Waals surface area contributed by atoms with Gasteiger partial charge in [-0.2, -0.15) is 5.10 Å². The van der Waals surface area contributed by atoms with Gasteiger partial charge in [0, 0.05) is 13.6 Å². The Labute approximate surface area is 146 Å². The lowest BCUT2D eigenvalue weighted by atomic mass is 10.1. The van der Waals surface area contributed by atoms with Crippen molar-refractivity contribution in [3.63, 3.8) is 0 Å². The maximum atomic E-state index is 12.3. The molecule has 6 heteroatoms.